The Morgan fingerprint density at radius 3 is 2.41 bits per heavy atom. The number of aromatic nitrogens is 3. The summed E-state index contributed by atoms with van der Waals surface area (Å²) >= 11 is 5.91. The smallest absolute Gasteiger partial charge is 0.226 e. The lowest BCUT2D eigenvalue weighted by Gasteiger charge is -2.34. The van der Waals surface area contributed by atoms with E-state index < -0.39 is 0 Å². The van der Waals surface area contributed by atoms with E-state index in [2.05, 4.69) is 49.6 Å². The van der Waals surface area contributed by atoms with Gasteiger partial charge in [0.15, 0.2) is 0 Å². The number of benzene rings is 1. The van der Waals surface area contributed by atoms with Gasteiger partial charge in [0, 0.05) is 52.4 Å². The second-order valence-corrected chi connectivity index (χ2v) is 9.31. The minimum absolute atomic E-state index is 0.237. The molecule has 0 amide bonds. The van der Waals surface area contributed by atoms with Crippen molar-refractivity contribution in [1.29, 1.82) is 0 Å². The maximum Gasteiger partial charge on any atom is 0.226 e. The van der Waals surface area contributed by atoms with Crippen LogP contribution in [0.25, 0.3) is 0 Å². The van der Waals surface area contributed by atoms with E-state index in [1.807, 2.05) is 4.68 Å². The van der Waals surface area contributed by atoms with Crippen LogP contribution in [0.1, 0.15) is 18.4 Å². The Balaban J connectivity index is 1.25. The monoisotopic (exact) mass is 458 g/mol. The van der Waals surface area contributed by atoms with Crippen molar-refractivity contribution in [2.24, 2.45) is 0 Å². The molecule has 0 spiro atoms. The van der Waals surface area contributed by atoms with E-state index >= 15 is 0 Å². The normalized spacial score (nSPS) is 23.1. The van der Waals surface area contributed by atoms with Crippen molar-refractivity contribution >= 4 is 18.2 Å². The molecule has 3 aliphatic heterocycles. The van der Waals surface area contributed by atoms with Crippen LogP contribution < -0.4 is 4.90 Å². The number of piperazine rings is 1. The van der Waals surface area contributed by atoms with Gasteiger partial charge in [-0.25, -0.2) is 4.68 Å². The van der Waals surface area contributed by atoms with Gasteiger partial charge in [0.2, 0.25) is 10.7 Å². The Kier molecular flexibility index (Phi) is 7.19. The summed E-state index contributed by atoms with van der Waals surface area (Å²) in [5.74, 6) is 0.969. The number of hydrogen-bond donors (Lipinski definition) is 0. The fourth-order valence-electron chi connectivity index (χ4n) is 4.79. The number of hydrogen-bond acceptors (Lipinski definition) is 7. The summed E-state index contributed by atoms with van der Waals surface area (Å²) < 4.78 is 16.5. The third-order valence-electron chi connectivity index (χ3n) is 6.66. The Morgan fingerprint density at radius 2 is 1.69 bits per heavy atom. The third kappa shape index (κ3) is 5.23. The minimum Gasteiger partial charge on any atom is -0.378 e. The number of nitrogens with zero attached hydrogens (tertiary/aromatic N) is 6. The standard InChI is InChI=1S/C23H34N6O2S/c32-23-28(18-21-7-4-14-31-21)22(27-12-15-30-16-13-27)24-29(23)19-26-10-8-25(9-11-26)17-20-5-2-1-3-6-20/h1-3,5-6,21H,4,7-19H2. The Bertz CT molecular complexity index is 912. The Morgan fingerprint density at radius 1 is 0.938 bits per heavy atom. The first-order valence-electron chi connectivity index (χ1n) is 11.9. The molecule has 0 bridgehead atoms. The van der Waals surface area contributed by atoms with Crippen molar-refractivity contribution in [1.82, 2.24) is 24.1 Å². The first-order valence-corrected chi connectivity index (χ1v) is 12.3. The van der Waals surface area contributed by atoms with Crippen LogP contribution in [0.4, 0.5) is 5.95 Å². The van der Waals surface area contributed by atoms with Crippen LogP contribution in [0.3, 0.4) is 0 Å². The number of ether oxygens (including phenoxy) is 2. The predicted molar refractivity (Wildman–Crippen MR) is 126 cm³/mol. The van der Waals surface area contributed by atoms with E-state index in [1.165, 1.54) is 5.56 Å². The molecule has 1 aromatic carbocycles. The highest BCUT2D eigenvalue weighted by atomic mass is 32.1. The molecule has 3 fully saturated rings. The van der Waals surface area contributed by atoms with Crippen molar-refractivity contribution in [3.8, 4) is 0 Å². The van der Waals surface area contributed by atoms with Gasteiger partial charge >= 0.3 is 0 Å². The largest absolute Gasteiger partial charge is 0.378 e. The Hall–Kier alpha value is -1.78. The van der Waals surface area contributed by atoms with E-state index in [9.17, 15) is 0 Å². The maximum atomic E-state index is 5.91. The van der Waals surface area contributed by atoms with Crippen molar-refractivity contribution in [3.05, 3.63) is 40.7 Å². The van der Waals surface area contributed by atoms with Gasteiger partial charge in [-0.3, -0.25) is 14.4 Å². The molecule has 1 unspecified atom stereocenters. The summed E-state index contributed by atoms with van der Waals surface area (Å²) in [6.45, 7) is 10.8. The lowest BCUT2D eigenvalue weighted by Crippen LogP contribution is -2.46. The molecular weight excluding hydrogens is 424 g/mol. The van der Waals surface area contributed by atoms with Crippen LogP contribution in [0.5, 0.6) is 0 Å². The summed E-state index contributed by atoms with van der Waals surface area (Å²) in [6, 6.07) is 10.7. The molecule has 4 heterocycles. The van der Waals surface area contributed by atoms with E-state index in [-0.39, 0.29) is 6.10 Å². The number of rotatable bonds is 7. The quantitative estimate of drug-likeness (QED) is 0.590. The molecule has 32 heavy (non-hydrogen) atoms. The van der Waals surface area contributed by atoms with Gasteiger partial charge in [0.05, 0.1) is 32.5 Å². The fraction of sp³-hybridized carbons (Fsp3) is 0.652. The first kappa shape index (κ1) is 22.0. The molecule has 0 radical (unpaired) electrons. The van der Waals surface area contributed by atoms with Gasteiger partial charge in [-0.05, 0) is 30.6 Å². The third-order valence-corrected chi connectivity index (χ3v) is 7.09. The summed E-state index contributed by atoms with van der Waals surface area (Å²) in [7, 11) is 0. The van der Waals surface area contributed by atoms with Gasteiger partial charge in [-0.15, -0.1) is 5.10 Å². The molecule has 3 saturated heterocycles. The van der Waals surface area contributed by atoms with Crippen LogP contribution in [-0.2, 0) is 29.2 Å². The van der Waals surface area contributed by atoms with Crippen LogP contribution in [0.15, 0.2) is 30.3 Å². The molecule has 2 aromatic rings. The summed E-state index contributed by atoms with van der Waals surface area (Å²) in [5.41, 5.74) is 1.38. The highest BCUT2D eigenvalue weighted by Gasteiger charge is 2.25. The highest BCUT2D eigenvalue weighted by molar-refractivity contribution is 7.71. The second kappa shape index (κ2) is 10.4. The topological polar surface area (TPSA) is 50.9 Å². The second-order valence-electron chi connectivity index (χ2n) is 8.95. The van der Waals surface area contributed by atoms with Crippen molar-refractivity contribution in [2.45, 2.75) is 38.7 Å². The molecule has 0 aliphatic carbocycles. The predicted octanol–water partition coefficient (Wildman–Crippen LogP) is 2.20. The van der Waals surface area contributed by atoms with Crippen molar-refractivity contribution in [2.75, 3.05) is 64.0 Å². The zero-order chi connectivity index (χ0) is 21.8. The van der Waals surface area contributed by atoms with Crippen LogP contribution in [-0.4, -0.2) is 89.3 Å². The summed E-state index contributed by atoms with van der Waals surface area (Å²) in [5, 5.41) is 4.99. The molecular formula is C23H34N6O2S. The van der Waals surface area contributed by atoms with Crippen LogP contribution in [0.2, 0.25) is 0 Å². The zero-order valence-corrected chi connectivity index (χ0v) is 19.6. The molecule has 1 atom stereocenters. The average Bonchev–Trinajstić information content (AvgIpc) is 3.46. The molecule has 9 heteroatoms. The molecule has 3 aliphatic rings. The van der Waals surface area contributed by atoms with Gasteiger partial charge in [-0.2, -0.15) is 0 Å². The van der Waals surface area contributed by atoms with Crippen LogP contribution in [0, 0.1) is 4.77 Å². The molecule has 174 valence electrons. The van der Waals surface area contributed by atoms with Gasteiger partial charge in [0.1, 0.15) is 0 Å². The van der Waals surface area contributed by atoms with E-state index in [0.717, 1.165) is 102 Å². The molecule has 0 saturated carbocycles. The van der Waals surface area contributed by atoms with E-state index in [1.54, 1.807) is 0 Å². The van der Waals surface area contributed by atoms with Crippen LogP contribution >= 0.6 is 12.2 Å². The fourth-order valence-corrected chi connectivity index (χ4v) is 5.05. The van der Waals surface area contributed by atoms with Gasteiger partial charge in [-0.1, -0.05) is 30.3 Å². The van der Waals surface area contributed by atoms with Gasteiger partial charge in [0.25, 0.3) is 0 Å². The lowest BCUT2D eigenvalue weighted by molar-refractivity contribution is 0.0933. The maximum absolute atomic E-state index is 5.91. The Labute approximate surface area is 195 Å². The lowest BCUT2D eigenvalue weighted by atomic mass is 10.2. The van der Waals surface area contributed by atoms with E-state index in [4.69, 9.17) is 26.8 Å². The molecule has 8 nitrogen and oxygen atoms in total. The minimum atomic E-state index is 0.237. The summed E-state index contributed by atoms with van der Waals surface area (Å²) in [4.78, 5) is 7.30. The first-order chi connectivity index (χ1) is 15.8. The van der Waals surface area contributed by atoms with Gasteiger partial charge < -0.3 is 14.4 Å². The SMILES string of the molecule is S=c1n(CN2CCN(Cc3ccccc3)CC2)nc(N2CCOCC2)n1CC1CCCO1. The number of anilines is 1. The van der Waals surface area contributed by atoms with Crippen molar-refractivity contribution < 1.29 is 9.47 Å². The molecule has 0 N–H and O–H groups in total. The summed E-state index contributed by atoms with van der Waals surface area (Å²) in [6.07, 6.45) is 2.46. The average molecular weight is 459 g/mol. The zero-order valence-electron chi connectivity index (χ0n) is 18.8. The number of morpholine rings is 1. The van der Waals surface area contributed by atoms with E-state index in [0.29, 0.717) is 0 Å². The highest BCUT2D eigenvalue weighted by Crippen LogP contribution is 2.21. The molecule has 5 rings (SSSR count). The molecule has 1 aromatic heterocycles. The van der Waals surface area contributed by atoms with Crippen molar-refractivity contribution in [3.63, 3.8) is 0 Å².